The molecule has 3 rings (SSSR count). The maximum atomic E-state index is 12.8. The number of benzene rings is 1. The number of halogens is 4. The summed E-state index contributed by atoms with van der Waals surface area (Å²) in [6, 6.07) is 5.86. The summed E-state index contributed by atoms with van der Waals surface area (Å²) >= 11 is 5.72. The van der Waals surface area contributed by atoms with E-state index in [1.807, 2.05) is 0 Å². The molecule has 13 heteroatoms. The van der Waals surface area contributed by atoms with Gasteiger partial charge in [0.1, 0.15) is 0 Å². The minimum atomic E-state index is -4.65. The van der Waals surface area contributed by atoms with Gasteiger partial charge in [-0.3, -0.25) is 4.79 Å². The number of carbonyl (C=O) groups excluding carboxylic acids is 2. The third kappa shape index (κ3) is 6.21. The highest BCUT2D eigenvalue weighted by molar-refractivity contribution is 7.89. The van der Waals surface area contributed by atoms with Crippen LogP contribution in [0.25, 0.3) is 0 Å². The number of carbonyl (C=O) groups is 2. The average Bonchev–Trinajstić information content (AvgIpc) is 2.78. The van der Waals surface area contributed by atoms with E-state index < -0.39 is 45.3 Å². The maximum absolute atomic E-state index is 12.8. The van der Waals surface area contributed by atoms with Crippen molar-refractivity contribution in [2.75, 3.05) is 25.0 Å². The molecule has 1 fully saturated rings. The van der Waals surface area contributed by atoms with Gasteiger partial charge in [-0.1, -0.05) is 24.1 Å². The highest BCUT2D eigenvalue weighted by Crippen LogP contribution is 2.32. The molecule has 0 radical (unpaired) electrons. The molecule has 0 atom stereocenters. The molecule has 8 nitrogen and oxygen atoms in total. The zero-order valence-corrected chi connectivity index (χ0v) is 18.6. The number of ether oxygens (including phenoxy) is 1. The highest BCUT2D eigenvalue weighted by atomic mass is 35.5. The number of alkyl halides is 3. The number of sulfonamides is 1. The molecule has 0 bridgehead atoms. The van der Waals surface area contributed by atoms with E-state index in [0.29, 0.717) is 25.4 Å². The van der Waals surface area contributed by atoms with Crippen LogP contribution in [0.15, 0.2) is 41.4 Å². The van der Waals surface area contributed by atoms with Crippen LogP contribution in [0.5, 0.6) is 0 Å². The van der Waals surface area contributed by atoms with Crippen molar-refractivity contribution in [3.63, 3.8) is 0 Å². The fourth-order valence-corrected chi connectivity index (χ4v) is 4.88. The van der Waals surface area contributed by atoms with Crippen LogP contribution in [0.2, 0.25) is 5.02 Å². The van der Waals surface area contributed by atoms with Gasteiger partial charge in [0.05, 0.1) is 21.0 Å². The molecule has 1 aromatic heterocycles. The second kappa shape index (κ2) is 10.1. The normalized spacial score (nSPS) is 15.2. The van der Waals surface area contributed by atoms with E-state index in [1.54, 1.807) is 0 Å². The van der Waals surface area contributed by atoms with E-state index >= 15 is 0 Å². The Labute approximate surface area is 192 Å². The number of anilines is 1. The van der Waals surface area contributed by atoms with Gasteiger partial charge >= 0.3 is 12.1 Å². The molecule has 33 heavy (non-hydrogen) atoms. The molecule has 1 N–H and O–H groups in total. The van der Waals surface area contributed by atoms with E-state index in [4.69, 9.17) is 16.3 Å². The Morgan fingerprint density at radius 2 is 1.85 bits per heavy atom. The number of aromatic nitrogens is 1. The third-order valence-electron chi connectivity index (χ3n) is 4.78. The summed E-state index contributed by atoms with van der Waals surface area (Å²) in [5.74, 6) is -2.18. The lowest BCUT2D eigenvalue weighted by atomic mass is 10.2. The van der Waals surface area contributed by atoms with E-state index in [2.05, 4.69) is 10.3 Å². The minimum Gasteiger partial charge on any atom is -0.452 e. The summed E-state index contributed by atoms with van der Waals surface area (Å²) in [4.78, 5) is 27.7. The highest BCUT2D eigenvalue weighted by Gasteiger charge is 2.32. The predicted octanol–water partition coefficient (Wildman–Crippen LogP) is 3.72. The molecule has 1 aromatic carbocycles. The van der Waals surface area contributed by atoms with Crippen molar-refractivity contribution in [2.24, 2.45) is 0 Å². The van der Waals surface area contributed by atoms with Gasteiger partial charge in [0.2, 0.25) is 10.0 Å². The first-order valence-corrected chi connectivity index (χ1v) is 11.6. The second-order valence-electron chi connectivity index (χ2n) is 7.17. The molecule has 178 valence electrons. The quantitative estimate of drug-likeness (QED) is 0.600. The lowest BCUT2D eigenvalue weighted by molar-refractivity contribution is -0.137. The maximum Gasteiger partial charge on any atom is 0.417 e. The molecule has 0 aliphatic carbocycles. The van der Waals surface area contributed by atoms with Crippen molar-refractivity contribution >= 4 is 39.3 Å². The van der Waals surface area contributed by atoms with Crippen LogP contribution in [0.4, 0.5) is 19.0 Å². The number of hydrogen-bond acceptors (Lipinski definition) is 6. The molecule has 1 aliphatic rings. The number of pyridine rings is 1. The topological polar surface area (TPSA) is 106 Å². The molecular weight excluding hydrogens is 487 g/mol. The van der Waals surface area contributed by atoms with E-state index in [0.717, 1.165) is 19.3 Å². The molecule has 1 saturated heterocycles. The molecule has 1 aliphatic heterocycles. The Morgan fingerprint density at radius 3 is 2.48 bits per heavy atom. The molecule has 2 aromatic rings. The Kier molecular flexibility index (Phi) is 7.60. The monoisotopic (exact) mass is 505 g/mol. The first kappa shape index (κ1) is 24.9. The number of nitrogens with one attached hydrogen (secondary N) is 1. The molecule has 2 heterocycles. The fraction of sp³-hybridized carbons (Fsp3) is 0.350. The predicted molar refractivity (Wildman–Crippen MR) is 112 cm³/mol. The number of nitrogens with zero attached hydrogens (tertiary/aromatic N) is 2. The number of rotatable bonds is 6. The first-order valence-electron chi connectivity index (χ1n) is 9.78. The molecule has 0 saturated carbocycles. The Balaban J connectivity index is 1.62. The van der Waals surface area contributed by atoms with Gasteiger partial charge in [0.25, 0.3) is 5.91 Å². The zero-order chi connectivity index (χ0) is 24.2. The largest absolute Gasteiger partial charge is 0.452 e. The Hall–Kier alpha value is -2.70. The smallest absolute Gasteiger partial charge is 0.417 e. The summed E-state index contributed by atoms with van der Waals surface area (Å²) in [6.45, 7) is 0.0103. The van der Waals surface area contributed by atoms with Crippen molar-refractivity contribution in [2.45, 2.75) is 30.3 Å². The third-order valence-corrected chi connectivity index (χ3v) is 6.97. The number of esters is 1. The summed E-state index contributed by atoms with van der Waals surface area (Å²) < 4.78 is 69.7. The van der Waals surface area contributed by atoms with E-state index in [9.17, 15) is 31.2 Å². The molecule has 1 amide bonds. The summed E-state index contributed by atoms with van der Waals surface area (Å²) in [5, 5.41) is 1.70. The summed E-state index contributed by atoms with van der Waals surface area (Å²) in [5.41, 5.74) is -1.16. The van der Waals surface area contributed by atoms with Crippen LogP contribution < -0.4 is 5.32 Å². The molecular formula is C20H19ClF3N3O5S. The van der Waals surface area contributed by atoms with Crippen molar-refractivity contribution in [3.8, 4) is 0 Å². The van der Waals surface area contributed by atoms with Gasteiger partial charge in [-0.05, 0) is 37.1 Å². The van der Waals surface area contributed by atoms with Crippen LogP contribution in [0.3, 0.4) is 0 Å². The van der Waals surface area contributed by atoms with Crippen LogP contribution in [-0.4, -0.2) is 49.3 Å². The number of piperidine rings is 1. The van der Waals surface area contributed by atoms with Crippen molar-refractivity contribution < 1.29 is 35.9 Å². The van der Waals surface area contributed by atoms with Gasteiger partial charge in [0.15, 0.2) is 12.4 Å². The van der Waals surface area contributed by atoms with Crippen molar-refractivity contribution in [1.82, 2.24) is 9.29 Å². The molecule has 0 unspecified atom stereocenters. The number of hydrogen-bond donors (Lipinski definition) is 1. The van der Waals surface area contributed by atoms with Gasteiger partial charge in [0, 0.05) is 19.3 Å². The van der Waals surface area contributed by atoms with Crippen LogP contribution in [0.1, 0.15) is 35.2 Å². The lowest BCUT2D eigenvalue weighted by Gasteiger charge is -2.25. The minimum absolute atomic E-state index is 0.0657. The van der Waals surface area contributed by atoms with Crippen LogP contribution >= 0.6 is 11.6 Å². The summed E-state index contributed by atoms with van der Waals surface area (Å²) in [6.07, 6.45) is -1.68. The second-order valence-corrected chi connectivity index (χ2v) is 9.51. The fourth-order valence-electron chi connectivity index (χ4n) is 3.11. The standard InChI is InChI=1S/C20H19ClF3N3O5S/c21-16-10-14(20(22,23)24)11-25-18(16)26-17(28)12-32-19(29)13-5-4-6-15(9-13)33(30,31)27-7-2-1-3-8-27/h4-6,9-11H,1-3,7-8,12H2,(H,25,26,28). The van der Waals surface area contributed by atoms with Crippen molar-refractivity contribution in [3.05, 3.63) is 52.7 Å². The van der Waals surface area contributed by atoms with E-state index in [1.165, 1.54) is 28.6 Å². The Bertz CT molecular complexity index is 1150. The number of amides is 1. The lowest BCUT2D eigenvalue weighted by Crippen LogP contribution is -2.35. The zero-order valence-electron chi connectivity index (χ0n) is 17.1. The SMILES string of the molecule is O=C(COC(=O)c1cccc(S(=O)(=O)N2CCCCC2)c1)Nc1ncc(C(F)(F)F)cc1Cl. The van der Waals surface area contributed by atoms with E-state index in [-0.39, 0.29) is 16.3 Å². The average molecular weight is 506 g/mol. The first-order chi connectivity index (χ1) is 15.5. The van der Waals surface area contributed by atoms with Crippen LogP contribution in [0, 0.1) is 0 Å². The van der Waals surface area contributed by atoms with Gasteiger partial charge in [-0.15, -0.1) is 0 Å². The van der Waals surface area contributed by atoms with Crippen molar-refractivity contribution in [1.29, 1.82) is 0 Å². The van der Waals surface area contributed by atoms with Gasteiger partial charge < -0.3 is 10.1 Å². The Morgan fingerprint density at radius 1 is 1.15 bits per heavy atom. The van der Waals surface area contributed by atoms with Crippen LogP contribution in [-0.2, 0) is 25.7 Å². The molecule has 0 spiro atoms. The van der Waals surface area contributed by atoms with Gasteiger partial charge in [-0.2, -0.15) is 17.5 Å². The van der Waals surface area contributed by atoms with Gasteiger partial charge in [-0.25, -0.2) is 18.2 Å². The summed E-state index contributed by atoms with van der Waals surface area (Å²) in [7, 11) is -3.77.